The van der Waals surface area contributed by atoms with Gasteiger partial charge < -0.3 is 0 Å². The molecule has 0 amide bonds. The van der Waals surface area contributed by atoms with Crippen LogP contribution in [0.3, 0.4) is 0 Å². The molecular weight excluding hydrogens is 200 g/mol. The normalized spacial score (nSPS) is 10.2. The molecular formula is C14H18O2. The molecule has 16 heavy (non-hydrogen) atoms. The average molecular weight is 218 g/mol. The first-order chi connectivity index (χ1) is 7.57. The molecule has 0 spiro atoms. The van der Waals surface area contributed by atoms with Crippen LogP contribution in [0.4, 0.5) is 0 Å². The molecule has 0 atom stereocenters. The van der Waals surface area contributed by atoms with E-state index in [1.807, 2.05) is 19.1 Å². The largest absolute Gasteiger partial charge is 0.294 e. The van der Waals surface area contributed by atoms with Crippen LogP contribution in [0, 0.1) is 6.92 Å². The van der Waals surface area contributed by atoms with Gasteiger partial charge >= 0.3 is 0 Å². The Kier molecular flexibility index (Phi) is 4.41. The first-order valence-electron chi connectivity index (χ1n) is 5.71. The number of carbonyl (C=O) groups excluding carboxylic acids is 2. The minimum atomic E-state index is -0.0297. The summed E-state index contributed by atoms with van der Waals surface area (Å²) < 4.78 is 0. The monoisotopic (exact) mass is 218 g/mol. The number of Topliss-reactive ketones (excluding diaryl/α,β-unsaturated/α-hetero) is 2. The van der Waals surface area contributed by atoms with Crippen molar-refractivity contribution in [1.29, 1.82) is 0 Å². The average Bonchev–Trinajstić information content (AvgIpc) is 2.24. The van der Waals surface area contributed by atoms with Gasteiger partial charge in [0, 0.05) is 17.5 Å². The van der Waals surface area contributed by atoms with Crippen molar-refractivity contribution in [2.45, 2.75) is 40.0 Å². The molecule has 0 N–H and O–H groups in total. The summed E-state index contributed by atoms with van der Waals surface area (Å²) in [4.78, 5) is 23.4. The summed E-state index contributed by atoms with van der Waals surface area (Å²) in [7, 11) is 0. The Balaban J connectivity index is 3.08. The smallest absolute Gasteiger partial charge is 0.163 e. The molecule has 86 valence electrons. The molecule has 0 heterocycles. The molecule has 0 saturated heterocycles. The second kappa shape index (κ2) is 5.59. The predicted molar refractivity (Wildman–Crippen MR) is 65.0 cm³/mol. The van der Waals surface area contributed by atoms with Crippen LogP contribution in [-0.2, 0) is 0 Å². The van der Waals surface area contributed by atoms with E-state index in [0.717, 1.165) is 18.4 Å². The number of ketones is 2. The third-order valence-corrected chi connectivity index (χ3v) is 2.68. The fourth-order valence-electron chi connectivity index (χ4n) is 1.84. The number of rotatable bonds is 5. The van der Waals surface area contributed by atoms with E-state index in [-0.39, 0.29) is 11.6 Å². The van der Waals surface area contributed by atoms with Gasteiger partial charge in [-0.3, -0.25) is 9.59 Å². The maximum absolute atomic E-state index is 11.9. The van der Waals surface area contributed by atoms with Crippen molar-refractivity contribution in [3.63, 3.8) is 0 Å². The van der Waals surface area contributed by atoms with Crippen molar-refractivity contribution >= 4 is 11.6 Å². The molecule has 0 aliphatic rings. The van der Waals surface area contributed by atoms with E-state index in [2.05, 4.69) is 6.92 Å². The molecule has 1 aromatic rings. The standard InChI is InChI=1S/C14H18O2/c1-4-5-9-13(16)12-8-6-7-10(2)14(12)11(3)15/h6-8H,4-5,9H2,1-3H3. The summed E-state index contributed by atoms with van der Waals surface area (Å²) in [6.45, 7) is 5.43. The highest BCUT2D eigenvalue weighted by Gasteiger charge is 2.15. The van der Waals surface area contributed by atoms with Gasteiger partial charge in [0.05, 0.1) is 0 Å². The summed E-state index contributed by atoms with van der Waals surface area (Å²) >= 11 is 0. The van der Waals surface area contributed by atoms with Crippen LogP contribution >= 0.6 is 0 Å². The minimum Gasteiger partial charge on any atom is -0.294 e. The van der Waals surface area contributed by atoms with Crippen molar-refractivity contribution in [3.05, 3.63) is 34.9 Å². The molecule has 2 heteroatoms. The molecule has 0 unspecified atom stereocenters. The zero-order valence-corrected chi connectivity index (χ0v) is 10.2. The lowest BCUT2D eigenvalue weighted by Gasteiger charge is -2.08. The summed E-state index contributed by atoms with van der Waals surface area (Å²) in [6, 6.07) is 5.45. The second-order valence-electron chi connectivity index (χ2n) is 4.08. The minimum absolute atomic E-state index is 0.0297. The fraction of sp³-hybridized carbons (Fsp3) is 0.429. The Morgan fingerprint density at radius 3 is 2.50 bits per heavy atom. The first-order valence-corrected chi connectivity index (χ1v) is 5.71. The van der Waals surface area contributed by atoms with Gasteiger partial charge in [0.1, 0.15) is 0 Å². The maximum atomic E-state index is 11.9. The van der Waals surface area contributed by atoms with Crippen molar-refractivity contribution in [1.82, 2.24) is 0 Å². The number of hydrogen-bond donors (Lipinski definition) is 0. The zero-order chi connectivity index (χ0) is 12.1. The highest BCUT2D eigenvalue weighted by atomic mass is 16.1. The topological polar surface area (TPSA) is 34.1 Å². The number of unbranched alkanes of at least 4 members (excludes halogenated alkanes) is 1. The SMILES string of the molecule is CCCCC(=O)c1cccc(C)c1C(C)=O. The third kappa shape index (κ3) is 2.78. The lowest BCUT2D eigenvalue weighted by atomic mass is 9.94. The van der Waals surface area contributed by atoms with Gasteiger partial charge in [-0.15, -0.1) is 0 Å². The summed E-state index contributed by atoms with van der Waals surface area (Å²) in [5, 5.41) is 0. The van der Waals surface area contributed by atoms with E-state index in [9.17, 15) is 9.59 Å². The van der Waals surface area contributed by atoms with Gasteiger partial charge in [-0.25, -0.2) is 0 Å². The van der Waals surface area contributed by atoms with Gasteiger partial charge in [-0.05, 0) is 25.8 Å². The van der Waals surface area contributed by atoms with Crippen molar-refractivity contribution < 1.29 is 9.59 Å². The molecule has 0 saturated carbocycles. The molecule has 0 aromatic heterocycles. The van der Waals surface area contributed by atoms with Crippen molar-refractivity contribution in [3.8, 4) is 0 Å². The molecule has 0 bridgehead atoms. The lowest BCUT2D eigenvalue weighted by Crippen LogP contribution is -2.08. The van der Waals surface area contributed by atoms with Crippen LogP contribution < -0.4 is 0 Å². The number of carbonyl (C=O) groups is 2. The van der Waals surface area contributed by atoms with Gasteiger partial charge in [0.15, 0.2) is 11.6 Å². The first kappa shape index (κ1) is 12.6. The third-order valence-electron chi connectivity index (χ3n) is 2.68. The number of aryl methyl sites for hydroxylation is 1. The van der Waals surface area contributed by atoms with Crippen LogP contribution in [0.1, 0.15) is 59.4 Å². The lowest BCUT2D eigenvalue weighted by molar-refractivity contribution is 0.0959. The van der Waals surface area contributed by atoms with E-state index < -0.39 is 0 Å². The second-order valence-corrected chi connectivity index (χ2v) is 4.08. The fourth-order valence-corrected chi connectivity index (χ4v) is 1.84. The Bertz CT molecular complexity index is 405. The molecule has 0 aliphatic carbocycles. The molecule has 0 aliphatic heterocycles. The highest BCUT2D eigenvalue weighted by Crippen LogP contribution is 2.17. The predicted octanol–water partition coefficient (Wildman–Crippen LogP) is 3.57. The summed E-state index contributed by atoms with van der Waals surface area (Å²) in [5.74, 6) is 0.0497. The maximum Gasteiger partial charge on any atom is 0.163 e. The highest BCUT2D eigenvalue weighted by molar-refractivity contribution is 6.08. The van der Waals surface area contributed by atoms with E-state index in [1.54, 1.807) is 6.07 Å². The quantitative estimate of drug-likeness (QED) is 0.708. The van der Waals surface area contributed by atoms with Gasteiger partial charge in [-0.2, -0.15) is 0 Å². The van der Waals surface area contributed by atoms with E-state index in [1.165, 1.54) is 6.92 Å². The number of hydrogen-bond acceptors (Lipinski definition) is 2. The Morgan fingerprint density at radius 2 is 1.94 bits per heavy atom. The van der Waals surface area contributed by atoms with Crippen molar-refractivity contribution in [2.24, 2.45) is 0 Å². The number of benzene rings is 1. The van der Waals surface area contributed by atoms with Crippen molar-refractivity contribution in [2.75, 3.05) is 0 Å². The van der Waals surface area contributed by atoms with Gasteiger partial charge in [0.25, 0.3) is 0 Å². The Hall–Kier alpha value is -1.44. The zero-order valence-electron chi connectivity index (χ0n) is 10.2. The van der Waals surface area contributed by atoms with E-state index >= 15 is 0 Å². The Morgan fingerprint density at radius 1 is 1.25 bits per heavy atom. The summed E-state index contributed by atoms with van der Waals surface area (Å²) in [5.41, 5.74) is 2.06. The molecule has 0 fully saturated rings. The van der Waals surface area contributed by atoms with E-state index in [4.69, 9.17) is 0 Å². The van der Waals surface area contributed by atoms with Gasteiger partial charge in [-0.1, -0.05) is 31.5 Å². The molecule has 1 rings (SSSR count). The molecule has 0 radical (unpaired) electrons. The van der Waals surface area contributed by atoms with Crippen LogP contribution in [0.5, 0.6) is 0 Å². The van der Waals surface area contributed by atoms with E-state index in [0.29, 0.717) is 17.5 Å². The van der Waals surface area contributed by atoms with Crippen LogP contribution in [0.25, 0.3) is 0 Å². The van der Waals surface area contributed by atoms with Crippen LogP contribution in [0.15, 0.2) is 18.2 Å². The van der Waals surface area contributed by atoms with Gasteiger partial charge in [0.2, 0.25) is 0 Å². The van der Waals surface area contributed by atoms with Crippen LogP contribution in [-0.4, -0.2) is 11.6 Å². The summed E-state index contributed by atoms with van der Waals surface area (Å²) in [6.07, 6.45) is 2.40. The molecule has 1 aromatic carbocycles. The molecule has 2 nitrogen and oxygen atoms in total. The van der Waals surface area contributed by atoms with Crippen LogP contribution in [0.2, 0.25) is 0 Å². The Labute approximate surface area is 96.7 Å².